The molecule has 4 aromatic rings. The highest BCUT2D eigenvalue weighted by Crippen LogP contribution is 2.41. The molecule has 0 radical (unpaired) electrons. The van der Waals surface area contributed by atoms with Gasteiger partial charge in [0.15, 0.2) is 5.78 Å². The van der Waals surface area contributed by atoms with Crippen LogP contribution in [0.3, 0.4) is 0 Å². The van der Waals surface area contributed by atoms with E-state index in [2.05, 4.69) is 10.3 Å². The van der Waals surface area contributed by atoms with Crippen LogP contribution < -0.4 is 5.32 Å². The van der Waals surface area contributed by atoms with Crippen molar-refractivity contribution in [3.63, 3.8) is 0 Å². The van der Waals surface area contributed by atoms with E-state index in [0.29, 0.717) is 28.6 Å². The van der Waals surface area contributed by atoms with Gasteiger partial charge in [-0.1, -0.05) is 55.5 Å². The van der Waals surface area contributed by atoms with Crippen molar-refractivity contribution in [1.82, 2.24) is 10.3 Å². The second-order valence-electron chi connectivity index (χ2n) is 10.2. The molecule has 3 atom stereocenters. The summed E-state index contributed by atoms with van der Waals surface area (Å²) < 4.78 is 82.0. The molecule has 0 fully saturated rings. The molecule has 0 aliphatic carbocycles. The van der Waals surface area contributed by atoms with Crippen molar-refractivity contribution < 1.29 is 35.9 Å². The van der Waals surface area contributed by atoms with Crippen LogP contribution in [0.15, 0.2) is 79.0 Å². The standard InChI is InChI=1S/C31H28F6N2O2/c1-18(20-8-4-3-5-9-20)12-29(41)39-19(2)28(40)16-25(26-17-38-27-11-7-6-10-24(26)27)21-13-22(30(32,33)34)15-23(14-21)31(35,36)37/h3-11,13-15,17-19,25,38H,12,16H2,1-2H3,(H,39,41). The number of amides is 1. The summed E-state index contributed by atoms with van der Waals surface area (Å²) in [6.07, 6.45) is -8.93. The van der Waals surface area contributed by atoms with Crippen LogP contribution in [0.4, 0.5) is 26.3 Å². The predicted molar refractivity (Wildman–Crippen MR) is 143 cm³/mol. The molecule has 4 nitrogen and oxygen atoms in total. The quantitative estimate of drug-likeness (QED) is 0.199. The van der Waals surface area contributed by atoms with Gasteiger partial charge in [-0.15, -0.1) is 0 Å². The summed E-state index contributed by atoms with van der Waals surface area (Å²) in [7, 11) is 0. The Morgan fingerprint density at radius 1 is 0.780 bits per heavy atom. The molecule has 4 rings (SSSR count). The Kier molecular flexibility index (Phi) is 8.60. The molecule has 1 aromatic heterocycles. The zero-order valence-corrected chi connectivity index (χ0v) is 22.2. The number of rotatable bonds is 9. The monoisotopic (exact) mass is 574 g/mol. The lowest BCUT2D eigenvalue weighted by Crippen LogP contribution is -2.39. The smallest absolute Gasteiger partial charge is 0.361 e. The van der Waals surface area contributed by atoms with E-state index in [1.54, 1.807) is 24.3 Å². The molecular formula is C31H28F6N2O2. The van der Waals surface area contributed by atoms with Crippen LogP contribution in [0.5, 0.6) is 0 Å². The maximum Gasteiger partial charge on any atom is 0.416 e. The maximum atomic E-state index is 13.7. The highest BCUT2D eigenvalue weighted by molar-refractivity contribution is 5.91. The molecule has 1 amide bonds. The van der Waals surface area contributed by atoms with Crippen molar-refractivity contribution in [2.45, 2.75) is 56.9 Å². The van der Waals surface area contributed by atoms with Gasteiger partial charge < -0.3 is 10.3 Å². The molecule has 0 spiro atoms. The minimum Gasteiger partial charge on any atom is -0.361 e. The van der Waals surface area contributed by atoms with Crippen LogP contribution in [0.1, 0.15) is 66.3 Å². The number of carbonyl (C=O) groups is 2. The molecule has 216 valence electrons. The number of aromatic nitrogens is 1. The van der Waals surface area contributed by atoms with Crippen LogP contribution in [-0.4, -0.2) is 22.7 Å². The fraction of sp³-hybridized carbons (Fsp3) is 0.290. The Morgan fingerprint density at radius 3 is 1.98 bits per heavy atom. The molecule has 3 unspecified atom stereocenters. The summed E-state index contributed by atoms with van der Waals surface area (Å²) >= 11 is 0. The number of Topliss-reactive ketones (excluding diaryl/α,β-unsaturated/α-hetero) is 1. The van der Waals surface area contributed by atoms with Gasteiger partial charge in [0.25, 0.3) is 0 Å². The second kappa shape index (κ2) is 11.8. The van der Waals surface area contributed by atoms with Crippen LogP contribution in [-0.2, 0) is 21.9 Å². The van der Waals surface area contributed by atoms with Gasteiger partial charge in [-0.25, -0.2) is 0 Å². The highest BCUT2D eigenvalue weighted by atomic mass is 19.4. The zero-order chi connectivity index (χ0) is 29.9. The molecule has 0 bridgehead atoms. The first-order chi connectivity index (χ1) is 19.2. The summed E-state index contributed by atoms with van der Waals surface area (Å²) in [4.78, 5) is 29.0. The number of hydrogen-bond donors (Lipinski definition) is 2. The van der Waals surface area contributed by atoms with E-state index >= 15 is 0 Å². The third-order valence-electron chi connectivity index (χ3n) is 7.13. The lowest BCUT2D eigenvalue weighted by atomic mass is 9.84. The van der Waals surface area contributed by atoms with Crippen molar-refractivity contribution in [2.75, 3.05) is 0 Å². The van der Waals surface area contributed by atoms with Crippen LogP contribution in [0.25, 0.3) is 10.9 Å². The van der Waals surface area contributed by atoms with E-state index in [0.717, 1.165) is 5.56 Å². The third kappa shape index (κ3) is 7.17. The number of nitrogens with one attached hydrogen (secondary N) is 2. The maximum absolute atomic E-state index is 13.7. The van der Waals surface area contributed by atoms with E-state index in [1.807, 2.05) is 37.3 Å². The Hall–Kier alpha value is -4.08. The Balaban J connectivity index is 1.65. The lowest BCUT2D eigenvalue weighted by molar-refractivity contribution is -0.143. The number of halogens is 6. The highest BCUT2D eigenvalue weighted by Gasteiger charge is 2.38. The van der Waals surface area contributed by atoms with Crippen molar-refractivity contribution in [1.29, 1.82) is 0 Å². The number of carbonyl (C=O) groups excluding carboxylic acids is 2. The van der Waals surface area contributed by atoms with Crippen LogP contribution in [0.2, 0.25) is 0 Å². The van der Waals surface area contributed by atoms with Crippen LogP contribution in [0, 0.1) is 0 Å². The van der Waals surface area contributed by atoms with Gasteiger partial charge >= 0.3 is 12.4 Å². The molecule has 0 saturated heterocycles. The van der Waals surface area contributed by atoms with Gasteiger partial charge in [0.05, 0.1) is 17.2 Å². The Labute approximate surface area is 232 Å². The molecule has 0 aliphatic heterocycles. The van der Waals surface area contributed by atoms with Crippen LogP contribution >= 0.6 is 0 Å². The van der Waals surface area contributed by atoms with E-state index < -0.39 is 53.6 Å². The summed E-state index contributed by atoms with van der Waals surface area (Å²) in [6, 6.07) is 16.4. The number of hydrogen-bond acceptors (Lipinski definition) is 2. The first kappa shape index (κ1) is 29.9. The minimum absolute atomic E-state index is 0.0638. The molecule has 2 N–H and O–H groups in total. The Morgan fingerprint density at radius 2 is 1.37 bits per heavy atom. The summed E-state index contributed by atoms with van der Waals surface area (Å²) in [5.74, 6) is -2.22. The second-order valence-corrected chi connectivity index (χ2v) is 10.2. The molecule has 10 heteroatoms. The topological polar surface area (TPSA) is 62.0 Å². The lowest BCUT2D eigenvalue weighted by Gasteiger charge is -2.22. The van der Waals surface area contributed by atoms with Gasteiger partial charge in [0, 0.05) is 35.9 Å². The molecule has 41 heavy (non-hydrogen) atoms. The van der Waals surface area contributed by atoms with Gasteiger partial charge in [-0.2, -0.15) is 26.3 Å². The number of alkyl halides is 6. The predicted octanol–water partition coefficient (Wildman–Crippen LogP) is 8.00. The number of fused-ring (bicyclic) bond motifs is 1. The van der Waals surface area contributed by atoms with E-state index in [4.69, 9.17) is 0 Å². The summed E-state index contributed by atoms with van der Waals surface area (Å²) in [5.41, 5.74) is -1.31. The fourth-order valence-electron chi connectivity index (χ4n) is 4.91. The normalized spacial score (nSPS) is 14.4. The summed E-state index contributed by atoms with van der Waals surface area (Å²) in [6.45, 7) is 3.31. The van der Waals surface area contributed by atoms with Gasteiger partial charge in [0.1, 0.15) is 0 Å². The number of para-hydroxylation sites is 1. The number of H-pyrrole nitrogens is 1. The Bertz CT molecular complexity index is 1490. The molecule has 1 heterocycles. The van der Waals surface area contributed by atoms with E-state index in [9.17, 15) is 35.9 Å². The van der Waals surface area contributed by atoms with Gasteiger partial charge in [-0.05, 0) is 53.8 Å². The number of aromatic amines is 1. The zero-order valence-electron chi connectivity index (χ0n) is 22.2. The fourth-order valence-corrected chi connectivity index (χ4v) is 4.91. The van der Waals surface area contributed by atoms with Gasteiger partial charge in [0.2, 0.25) is 5.91 Å². The summed E-state index contributed by atoms with van der Waals surface area (Å²) in [5, 5.41) is 3.19. The first-order valence-corrected chi connectivity index (χ1v) is 13.0. The first-order valence-electron chi connectivity index (χ1n) is 13.0. The molecule has 0 saturated carbocycles. The average Bonchev–Trinajstić information content (AvgIpc) is 3.34. The van der Waals surface area contributed by atoms with Gasteiger partial charge in [-0.3, -0.25) is 9.59 Å². The minimum atomic E-state index is -5.04. The number of ketones is 1. The number of benzene rings is 3. The van der Waals surface area contributed by atoms with E-state index in [1.165, 1.54) is 13.1 Å². The SMILES string of the molecule is CC(NC(=O)CC(C)c1ccccc1)C(=O)CC(c1cc(C(F)(F)F)cc(C(F)(F)F)c1)c1c[nH]c2ccccc12. The average molecular weight is 575 g/mol. The largest absolute Gasteiger partial charge is 0.416 e. The van der Waals surface area contributed by atoms with Crippen molar-refractivity contribution >= 4 is 22.6 Å². The molecule has 0 aliphatic rings. The van der Waals surface area contributed by atoms with Crippen molar-refractivity contribution in [2.24, 2.45) is 0 Å². The molecule has 3 aromatic carbocycles. The van der Waals surface area contributed by atoms with E-state index in [-0.39, 0.29) is 24.0 Å². The van der Waals surface area contributed by atoms with Crippen molar-refractivity contribution in [3.05, 3.63) is 107 Å². The third-order valence-corrected chi connectivity index (χ3v) is 7.13. The van der Waals surface area contributed by atoms with Crippen molar-refractivity contribution in [3.8, 4) is 0 Å². The molecular weight excluding hydrogens is 546 g/mol.